The number of ether oxygens (including phenoxy) is 2. The van der Waals surface area contributed by atoms with Gasteiger partial charge in [0.1, 0.15) is 23.9 Å². The fraction of sp³-hybridized carbons (Fsp3) is 0.235. The maximum absolute atomic E-state index is 12.7. The van der Waals surface area contributed by atoms with Crippen LogP contribution < -0.4 is 14.8 Å². The number of amides is 1. The summed E-state index contributed by atoms with van der Waals surface area (Å²) in [6.45, 7) is 2.54. The molecule has 0 radical (unpaired) electrons. The van der Waals surface area contributed by atoms with Crippen molar-refractivity contribution in [3.05, 3.63) is 59.9 Å². The summed E-state index contributed by atoms with van der Waals surface area (Å²) in [6.07, 6.45) is 0. The molecule has 0 aromatic heterocycles. The second-order valence-corrected chi connectivity index (χ2v) is 4.71. The molecular formula is C17H18FNO3. The van der Waals surface area contributed by atoms with Gasteiger partial charge in [0.25, 0.3) is 5.91 Å². The van der Waals surface area contributed by atoms with Crippen LogP contribution in [0.4, 0.5) is 4.39 Å². The molecule has 22 heavy (non-hydrogen) atoms. The Kier molecular flexibility index (Phi) is 5.77. The lowest BCUT2D eigenvalue weighted by molar-refractivity contribution is -0.123. The summed E-state index contributed by atoms with van der Waals surface area (Å²) in [4.78, 5) is 11.6. The summed E-state index contributed by atoms with van der Waals surface area (Å²) in [7, 11) is 0. The molecule has 0 unspecified atom stereocenters. The average molecular weight is 303 g/mol. The van der Waals surface area contributed by atoms with E-state index in [0.717, 1.165) is 5.56 Å². The minimum atomic E-state index is -0.311. The molecular weight excluding hydrogens is 285 g/mol. The molecule has 4 nitrogen and oxygen atoms in total. The highest BCUT2D eigenvalue weighted by atomic mass is 19.1. The smallest absolute Gasteiger partial charge is 0.258 e. The molecule has 0 aliphatic carbocycles. The molecule has 2 aromatic rings. The normalized spacial score (nSPS) is 10.1. The second-order valence-electron chi connectivity index (χ2n) is 4.71. The third kappa shape index (κ3) is 5.09. The zero-order valence-electron chi connectivity index (χ0n) is 12.3. The molecule has 0 aliphatic heterocycles. The third-order valence-electron chi connectivity index (χ3n) is 2.96. The van der Waals surface area contributed by atoms with E-state index >= 15 is 0 Å². The molecule has 2 rings (SSSR count). The van der Waals surface area contributed by atoms with Gasteiger partial charge in [-0.25, -0.2) is 4.39 Å². The fourth-order valence-electron chi connectivity index (χ4n) is 1.80. The number of benzene rings is 2. The molecule has 1 amide bonds. The summed E-state index contributed by atoms with van der Waals surface area (Å²) < 4.78 is 23.5. The fourth-order valence-corrected chi connectivity index (χ4v) is 1.80. The quantitative estimate of drug-likeness (QED) is 0.800. The zero-order valence-corrected chi connectivity index (χ0v) is 12.3. The summed E-state index contributed by atoms with van der Waals surface area (Å²) in [6, 6.07) is 13.2. The van der Waals surface area contributed by atoms with Crippen LogP contribution in [-0.2, 0) is 4.79 Å². The van der Waals surface area contributed by atoms with Gasteiger partial charge in [-0.15, -0.1) is 0 Å². The van der Waals surface area contributed by atoms with Crippen LogP contribution in [0, 0.1) is 12.7 Å². The van der Waals surface area contributed by atoms with Crippen molar-refractivity contribution < 1.29 is 18.7 Å². The summed E-state index contributed by atoms with van der Waals surface area (Å²) in [5.41, 5.74) is 0.981. The predicted molar refractivity (Wildman–Crippen MR) is 81.6 cm³/mol. The van der Waals surface area contributed by atoms with Crippen LogP contribution in [-0.4, -0.2) is 25.7 Å². The monoisotopic (exact) mass is 303 g/mol. The van der Waals surface area contributed by atoms with E-state index in [4.69, 9.17) is 9.47 Å². The Labute approximate surface area is 128 Å². The largest absolute Gasteiger partial charge is 0.492 e. The highest BCUT2D eigenvalue weighted by Crippen LogP contribution is 2.15. The van der Waals surface area contributed by atoms with E-state index in [1.54, 1.807) is 12.1 Å². The lowest BCUT2D eigenvalue weighted by atomic mass is 10.2. The van der Waals surface area contributed by atoms with Crippen molar-refractivity contribution in [1.82, 2.24) is 5.32 Å². The van der Waals surface area contributed by atoms with Gasteiger partial charge < -0.3 is 14.8 Å². The molecule has 0 aliphatic rings. The number of nitrogens with one attached hydrogen (secondary N) is 1. The standard InChI is InChI=1S/C17H18FNO3/c1-13-4-2-3-5-16(13)22-12-17(20)19-10-11-21-15-8-6-14(18)7-9-15/h2-9H,10-12H2,1H3,(H,19,20). The topological polar surface area (TPSA) is 47.6 Å². The third-order valence-corrected chi connectivity index (χ3v) is 2.96. The van der Waals surface area contributed by atoms with Gasteiger partial charge in [0.05, 0.1) is 6.54 Å². The molecule has 0 fully saturated rings. The van der Waals surface area contributed by atoms with Crippen LogP contribution in [0.1, 0.15) is 5.56 Å². The highest BCUT2D eigenvalue weighted by molar-refractivity contribution is 5.77. The van der Waals surface area contributed by atoms with Gasteiger partial charge >= 0.3 is 0 Å². The minimum Gasteiger partial charge on any atom is -0.492 e. The molecule has 0 bridgehead atoms. The molecule has 0 saturated heterocycles. The van der Waals surface area contributed by atoms with Crippen molar-refractivity contribution in [2.45, 2.75) is 6.92 Å². The van der Waals surface area contributed by atoms with E-state index in [2.05, 4.69) is 5.32 Å². The van der Waals surface area contributed by atoms with Gasteiger partial charge in [-0.2, -0.15) is 0 Å². The van der Waals surface area contributed by atoms with Gasteiger partial charge in [-0.1, -0.05) is 18.2 Å². The zero-order chi connectivity index (χ0) is 15.8. The molecule has 0 heterocycles. The van der Waals surface area contributed by atoms with Gasteiger partial charge in [0.15, 0.2) is 6.61 Å². The van der Waals surface area contributed by atoms with Crippen molar-refractivity contribution in [2.24, 2.45) is 0 Å². The van der Waals surface area contributed by atoms with E-state index in [0.29, 0.717) is 24.7 Å². The first kappa shape index (κ1) is 15.8. The SMILES string of the molecule is Cc1ccccc1OCC(=O)NCCOc1ccc(F)cc1. The number of hydrogen-bond acceptors (Lipinski definition) is 3. The number of rotatable bonds is 7. The number of para-hydroxylation sites is 1. The first-order chi connectivity index (χ1) is 10.6. The van der Waals surface area contributed by atoms with Crippen molar-refractivity contribution in [3.63, 3.8) is 0 Å². The van der Waals surface area contributed by atoms with Crippen molar-refractivity contribution >= 4 is 5.91 Å². The Morgan fingerprint density at radius 2 is 1.82 bits per heavy atom. The highest BCUT2D eigenvalue weighted by Gasteiger charge is 2.04. The van der Waals surface area contributed by atoms with Crippen molar-refractivity contribution in [2.75, 3.05) is 19.8 Å². The van der Waals surface area contributed by atoms with Crippen LogP contribution in [0.5, 0.6) is 11.5 Å². The number of aryl methyl sites for hydroxylation is 1. The first-order valence-corrected chi connectivity index (χ1v) is 6.98. The van der Waals surface area contributed by atoms with Gasteiger partial charge in [-0.3, -0.25) is 4.79 Å². The van der Waals surface area contributed by atoms with E-state index in [1.165, 1.54) is 12.1 Å². The number of carbonyl (C=O) groups excluding carboxylic acids is 1. The molecule has 0 spiro atoms. The van der Waals surface area contributed by atoms with Crippen LogP contribution in [0.25, 0.3) is 0 Å². The maximum Gasteiger partial charge on any atom is 0.258 e. The summed E-state index contributed by atoms with van der Waals surface area (Å²) >= 11 is 0. The van der Waals surface area contributed by atoms with Gasteiger partial charge in [0.2, 0.25) is 0 Å². The summed E-state index contributed by atoms with van der Waals surface area (Å²) in [5.74, 6) is 0.729. The molecule has 116 valence electrons. The van der Waals surface area contributed by atoms with Crippen LogP contribution in [0.2, 0.25) is 0 Å². The lowest BCUT2D eigenvalue weighted by Crippen LogP contribution is -2.32. The van der Waals surface area contributed by atoms with Crippen molar-refractivity contribution in [1.29, 1.82) is 0 Å². The van der Waals surface area contributed by atoms with E-state index in [1.807, 2.05) is 31.2 Å². The Hall–Kier alpha value is -2.56. The van der Waals surface area contributed by atoms with E-state index < -0.39 is 0 Å². The second kappa shape index (κ2) is 8.02. The van der Waals surface area contributed by atoms with Gasteiger partial charge in [0, 0.05) is 0 Å². The van der Waals surface area contributed by atoms with Crippen molar-refractivity contribution in [3.8, 4) is 11.5 Å². The lowest BCUT2D eigenvalue weighted by Gasteiger charge is -2.10. The molecule has 0 atom stereocenters. The van der Waals surface area contributed by atoms with Crippen LogP contribution in [0.3, 0.4) is 0 Å². The van der Waals surface area contributed by atoms with E-state index in [9.17, 15) is 9.18 Å². The Morgan fingerprint density at radius 3 is 2.55 bits per heavy atom. The maximum atomic E-state index is 12.7. The molecule has 5 heteroatoms. The number of hydrogen-bond donors (Lipinski definition) is 1. The Balaban J connectivity index is 1.64. The Bertz CT molecular complexity index is 614. The van der Waals surface area contributed by atoms with Crippen LogP contribution >= 0.6 is 0 Å². The summed E-state index contributed by atoms with van der Waals surface area (Å²) in [5, 5.41) is 2.69. The van der Waals surface area contributed by atoms with Gasteiger partial charge in [-0.05, 0) is 42.8 Å². The molecule has 0 saturated carbocycles. The molecule has 1 N–H and O–H groups in total. The van der Waals surface area contributed by atoms with Crippen LogP contribution in [0.15, 0.2) is 48.5 Å². The molecule has 2 aromatic carbocycles. The first-order valence-electron chi connectivity index (χ1n) is 6.98. The predicted octanol–water partition coefficient (Wildman–Crippen LogP) is 2.71. The average Bonchev–Trinajstić information content (AvgIpc) is 2.52. The number of carbonyl (C=O) groups is 1. The number of halogens is 1. The van der Waals surface area contributed by atoms with E-state index in [-0.39, 0.29) is 18.3 Å². The Morgan fingerprint density at radius 1 is 1.09 bits per heavy atom. The minimum absolute atomic E-state index is 0.0403.